The number of nitrogens with one attached hydrogen (secondary N) is 1. The molecule has 84 valence electrons. The quantitative estimate of drug-likeness (QED) is 0.713. The minimum Gasteiger partial charge on any atom is -0.343 e. The van der Waals surface area contributed by atoms with Gasteiger partial charge in [-0.1, -0.05) is 12.1 Å². The molecule has 0 unspecified atom stereocenters. The van der Waals surface area contributed by atoms with Crippen LogP contribution in [-0.2, 0) is 6.42 Å². The Labute approximate surface area is 98.1 Å². The molecule has 1 N–H and O–H groups in total. The molecule has 2 nitrogen and oxygen atoms in total. The van der Waals surface area contributed by atoms with Crippen LogP contribution in [0.15, 0.2) is 48.7 Å². The molecule has 1 aromatic carbocycles. The summed E-state index contributed by atoms with van der Waals surface area (Å²) in [5.41, 5.74) is 3.06. The number of nitrogens with zero attached hydrogens (tertiary/aromatic N) is 1. The lowest BCUT2D eigenvalue weighted by Gasteiger charge is -1.98. The molecule has 0 fully saturated rings. The van der Waals surface area contributed by atoms with Gasteiger partial charge in [-0.15, -0.1) is 0 Å². The van der Waals surface area contributed by atoms with Crippen LogP contribution in [0.3, 0.4) is 0 Å². The zero-order valence-electron chi connectivity index (χ0n) is 9.15. The van der Waals surface area contributed by atoms with Crippen molar-refractivity contribution in [1.82, 2.24) is 9.97 Å². The lowest BCUT2D eigenvalue weighted by Crippen LogP contribution is -1.88. The van der Waals surface area contributed by atoms with Gasteiger partial charge in [-0.25, -0.2) is 9.37 Å². The van der Waals surface area contributed by atoms with Crippen molar-refractivity contribution in [2.45, 2.75) is 6.42 Å². The van der Waals surface area contributed by atoms with Gasteiger partial charge in [0.15, 0.2) is 0 Å². The lowest BCUT2D eigenvalue weighted by molar-refractivity contribution is 0.627. The summed E-state index contributed by atoms with van der Waals surface area (Å²) in [5.74, 6) is -0.202. The van der Waals surface area contributed by atoms with Gasteiger partial charge in [0.1, 0.15) is 11.5 Å². The van der Waals surface area contributed by atoms with Gasteiger partial charge in [0.2, 0.25) is 0 Å². The van der Waals surface area contributed by atoms with E-state index in [9.17, 15) is 4.39 Å². The number of fused-ring (bicyclic) bond motifs is 1. The van der Waals surface area contributed by atoms with E-state index < -0.39 is 0 Å². The van der Waals surface area contributed by atoms with E-state index in [-0.39, 0.29) is 5.82 Å². The molecule has 0 atom stereocenters. The second-order valence-electron chi connectivity index (χ2n) is 4.04. The fraction of sp³-hybridized carbons (Fsp3) is 0.0714. The summed E-state index contributed by atoms with van der Waals surface area (Å²) in [4.78, 5) is 7.50. The van der Waals surface area contributed by atoms with E-state index in [4.69, 9.17) is 0 Å². The Hall–Kier alpha value is -2.16. The van der Waals surface area contributed by atoms with Crippen molar-refractivity contribution in [1.29, 1.82) is 0 Å². The molecule has 0 spiro atoms. The first-order valence-electron chi connectivity index (χ1n) is 5.48. The zero-order valence-corrected chi connectivity index (χ0v) is 9.15. The van der Waals surface area contributed by atoms with E-state index in [2.05, 4.69) is 16.0 Å². The number of H-pyrrole nitrogens is 1. The molecule has 0 saturated heterocycles. The first-order chi connectivity index (χ1) is 8.31. The molecule has 0 bridgehead atoms. The number of pyridine rings is 1. The summed E-state index contributed by atoms with van der Waals surface area (Å²) in [7, 11) is 0. The maximum Gasteiger partial charge on any atom is 0.137 e. The molecule has 3 heteroatoms. The van der Waals surface area contributed by atoms with Crippen LogP contribution >= 0.6 is 0 Å². The van der Waals surface area contributed by atoms with Gasteiger partial charge in [-0.05, 0) is 35.9 Å². The van der Waals surface area contributed by atoms with E-state index in [0.29, 0.717) is 0 Å². The summed E-state index contributed by atoms with van der Waals surface area (Å²) in [6, 6.07) is 12.6. The van der Waals surface area contributed by atoms with Crippen molar-refractivity contribution in [3.63, 3.8) is 0 Å². The Balaban J connectivity index is 1.92. The Morgan fingerprint density at radius 1 is 1.12 bits per heavy atom. The van der Waals surface area contributed by atoms with Crippen LogP contribution in [0, 0.1) is 5.82 Å². The van der Waals surface area contributed by atoms with Crippen LogP contribution in [0.1, 0.15) is 11.3 Å². The fourth-order valence-corrected chi connectivity index (χ4v) is 1.93. The minimum atomic E-state index is -0.202. The minimum absolute atomic E-state index is 0.202. The van der Waals surface area contributed by atoms with Crippen molar-refractivity contribution < 1.29 is 4.39 Å². The number of rotatable bonds is 2. The topological polar surface area (TPSA) is 28.7 Å². The highest BCUT2D eigenvalue weighted by molar-refractivity contribution is 5.76. The van der Waals surface area contributed by atoms with E-state index >= 15 is 0 Å². The molecule has 3 aromatic rings. The maximum atomic E-state index is 12.8. The Morgan fingerprint density at radius 3 is 2.71 bits per heavy atom. The Bertz CT molecular complexity index is 608. The second kappa shape index (κ2) is 4.01. The number of halogens is 1. The van der Waals surface area contributed by atoms with Crippen molar-refractivity contribution in [3.8, 4) is 0 Å². The van der Waals surface area contributed by atoms with Crippen LogP contribution in [0.5, 0.6) is 0 Å². The molecule has 0 radical (unpaired) electrons. The number of hydrogen-bond donors (Lipinski definition) is 1. The third-order valence-corrected chi connectivity index (χ3v) is 2.76. The summed E-state index contributed by atoms with van der Waals surface area (Å²) >= 11 is 0. The van der Waals surface area contributed by atoms with Gasteiger partial charge < -0.3 is 4.98 Å². The van der Waals surface area contributed by atoms with E-state index in [0.717, 1.165) is 28.7 Å². The maximum absolute atomic E-state index is 12.8. The molecular formula is C14H11FN2. The zero-order chi connectivity index (χ0) is 11.7. The molecule has 0 saturated carbocycles. The van der Waals surface area contributed by atoms with Crippen LogP contribution in [0.4, 0.5) is 4.39 Å². The van der Waals surface area contributed by atoms with Crippen LogP contribution < -0.4 is 0 Å². The van der Waals surface area contributed by atoms with Crippen LogP contribution in [-0.4, -0.2) is 9.97 Å². The third-order valence-electron chi connectivity index (χ3n) is 2.76. The molecule has 3 rings (SSSR count). The number of aromatic amines is 1. The van der Waals surface area contributed by atoms with Crippen molar-refractivity contribution in [2.24, 2.45) is 0 Å². The highest BCUT2D eigenvalue weighted by atomic mass is 19.1. The Morgan fingerprint density at radius 2 is 1.94 bits per heavy atom. The molecule has 0 aliphatic rings. The lowest BCUT2D eigenvalue weighted by atomic mass is 10.1. The molecule has 0 amide bonds. The van der Waals surface area contributed by atoms with Crippen molar-refractivity contribution in [2.75, 3.05) is 0 Å². The SMILES string of the molecule is Fc1ccc(Cc2cc3cccnc3[nH]2)cc1. The highest BCUT2D eigenvalue weighted by Gasteiger charge is 2.02. The first-order valence-corrected chi connectivity index (χ1v) is 5.48. The average molecular weight is 226 g/mol. The van der Waals surface area contributed by atoms with E-state index in [1.54, 1.807) is 18.3 Å². The molecule has 0 aliphatic carbocycles. The van der Waals surface area contributed by atoms with Gasteiger partial charge in [0.25, 0.3) is 0 Å². The monoisotopic (exact) mass is 226 g/mol. The summed E-state index contributed by atoms with van der Waals surface area (Å²) < 4.78 is 12.8. The van der Waals surface area contributed by atoms with Crippen molar-refractivity contribution >= 4 is 11.0 Å². The Kier molecular flexibility index (Phi) is 2.37. The predicted octanol–water partition coefficient (Wildman–Crippen LogP) is 3.29. The molecule has 2 heterocycles. The summed E-state index contributed by atoms with van der Waals surface area (Å²) in [6.07, 6.45) is 2.52. The number of hydrogen-bond acceptors (Lipinski definition) is 1. The smallest absolute Gasteiger partial charge is 0.137 e. The number of benzene rings is 1. The second-order valence-corrected chi connectivity index (χ2v) is 4.04. The normalized spacial score (nSPS) is 10.9. The molecule has 17 heavy (non-hydrogen) atoms. The van der Waals surface area contributed by atoms with Crippen LogP contribution in [0.25, 0.3) is 11.0 Å². The number of aromatic nitrogens is 2. The van der Waals surface area contributed by atoms with Gasteiger partial charge in [0, 0.05) is 23.7 Å². The van der Waals surface area contributed by atoms with Gasteiger partial charge in [-0.3, -0.25) is 0 Å². The summed E-state index contributed by atoms with van der Waals surface area (Å²) in [6.45, 7) is 0. The molecular weight excluding hydrogens is 215 g/mol. The van der Waals surface area contributed by atoms with E-state index in [1.165, 1.54) is 12.1 Å². The molecule has 2 aromatic heterocycles. The van der Waals surface area contributed by atoms with Gasteiger partial charge in [-0.2, -0.15) is 0 Å². The first kappa shape index (κ1) is 10.0. The fourth-order valence-electron chi connectivity index (χ4n) is 1.93. The van der Waals surface area contributed by atoms with Crippen LogP contribution in [0.2, 0.25) is 0 Å². The van der Waals surface area contributed by atoms with Crippen molar-refractivity contribution in [3.05, 3.63) is 65.7 Å². The third kappa shape index (κ3) is 2.04. The highest BCUT2D eigenvalue weighted by Crippen LogP contribution is 2.15. The van der Waals surface area contributed by atoms with Gasteiger partial charge >= 0.3 is 0 Å². The van der Waals surface area contributed by atoms with Gasteiger partial charge in [0.05, 0.1) is 0 Å². The predicted molar refractivity (Wildman–Crippen MR) is 65.3 cm³/mol. The molecule has 0 aliphatic heterocycles. The standard InChI is InChI=1S/C14H11FN2/c15-12-5-3-10(4-6-12)8-13-9-11-2-1-7-16-14(11)17-13/h1-7,9H,8H2,(H,16,17). The summed E-state index contributed by atoms with van der Waals surface area (Å²) in [5, 5.41) is 1.10. The largest absolute Gasteiger partial charge is 0.343 e. The van der Waals surface area contributed by atoms with E-state index in [1.807, 2.05) is 12.1 Å². The average Bonchev–Trinajstić information content (AvgIpc) is 2.74.